The Morgan fingerprint density at radius 2 is 1.78 bits per heavy atom. The smallest absolute Gasteiger partial charge is 0.263 e. The van der Waals surface area contributed by atoms with E-state index in [1.165, 1.54) is 17.2 Å². The normalized spacial score (nSPS) is 13.7. The van der Waals surface area contributed by atoms with Crippen LogP contribution in [0.15, 0.2) is 30.5 Å². The van der Waals surface area contributed by atoms with E-state index in [-0.39, 0.29) is 5.91 Å². The van der Waals surface area contributed by atoms with Gasteiger partial charge in [-0.05, 0) is 50.5 Å². The lowest BCUT2D eigenvalue weighted by Crippen LogP contribution is -2.36. The molecule has 1 aromatic carbocycles. The summed E-state index contributed by atoms with van der Waals surface area (Å²) in [5.41, 5.74) is 3.47. The van der Waals surface area contributed by atoms with Crippen LogP contribution in [-0.4, -0.2) is 26.8 Å². The minimum Gasteiger partial charge on any atom is -0.308 e. The fourth-order valence-electron chi connectivity index (χ4n) is 3.78. The molecule has 4 rings (SSSR count). The molecule has 0 fully saturated rings. The number of rotatable bonds is 2. The molecule has 1 aliphatic heterocycles. The Hall–Kier alpha value is -2.96. The predicted octanol–water partition coefficient (Wildman–Crippen LogP) is 3.70. The summed E-state index contributed by atoms with van der Waals surface area (Å²) >= 11 is 0. The molecule has 0 saturated heterocycles. The maximum atomic E-state index is 13.8. The van der Waals surface area contributed by atoms with E-state index in [9.17, 15) is 13.6 Å². The maximum absolute atomic E-state index is 13.8. The molecule has 2 aromatic heterocycles. The molecule has 0 unspecified atom stereocenters. The van der Waals surface area contributed by atoms with Gasteiger partial charge in [0.2, 0.25) is 0 Å². The third kappa shape index (κ3) is 2.74. The molecule has 1 aliphatic rings. The van der Waals surface area contributed by atoms with Gasteiger partial charge in [0.1, 0.15) is 11.4 Å². The lowest BCUT2D eigenvalue weighted by molar-refractivity contribution is 0.0985. The van der Waals surface area contributed by atoms with Gasteiger partial charge in [0, 0.05) is 31.0 Å². The van der Waals surface area contributed by atoms with Gasteiger partial charge in [-0.25, -0.2) is 8.78 Å². The number of hydrogen-bond acceptors (Lipinski definition) is 2. The van der Waals surface area contributed by atoms with Crippen LogP contribution in [0.5, 0.6) is 0 Å². The number of aryl methyl sites for hydroxylation is 4. The largest absolute Gasteiger partial charge is 0.308 e. The van der Waals surface area contributed by atoms with Crippen LogP contribution in [0.25, 0.3) is 5.82 Å². The van der Waals surface area contributed by atoms with Crippen LogP contribution in [0.1, 0.15) is 33.7 Å². The van der Waals surface area contributed by atoms with Crippen LogP contribution >= 0.6 is 0 Å². The van der Waals surface area contributed by atoms with Crippen LogP contribution in [-0.2, 0) is 13.5 Å². The molecule has 3 heterocycles. The number of aromatic nitrogens is 3. The number of anilines is 1. The molecule has 0 N–H and O–H groups in total. The van der Waals surface area contributed by atoms with Crippen molar-refractivity contribution in [2.24, 2.45) is 7.05 Å². The van der Waals surface area contributed by atoms with Crippen molar-refractivity contribution in [1.82, 2.24) is 14.3 Å². The second-order valence-corrected chi connectivity index (χ2v) is 6.91. The highest BCUT2D eigenvalue weighted by atomic mass is 19.2. The first kappa shape index (κ1) is 17.5. The molecular weight excluding hydrogens is 350 g/mol. The fraction of sp³-hybridized carbons (Fsp3) is 0.300. The number of nitrogens with zero attached hydrogens (tertiary/aromatic N) is 4. The average Bonchev–Trinajstić information content (AvgIpc) is 3.16. The molecule has 0 bridgehead atoms. The van der Waals surface area contributed by atoms with Gasteiger partial charge in [-0.1, -0.05) is 0 Å². The number of carbonyl (C=O) groups excluding carboxylic acids is 1. The standard InChI is InChI=1S/C20H20F2N4O/c1-12-6-7-13(2)26(12)19-15(11-23-24(19)3)20(27)25-8-4-5-14-9-16(21)17(22)10-18(14)25/h6-7,9-11H,4-5,8H2,1-3H3. The van der Waals surface area contributed by atoms with Gasteiger partial charge >= 0.3 is 0 Å². The van der Waals surface area contributed by atoms with Crippen molar-refractivity contribution in [3.05, 3.63) is 64.6 Å². The van der Waals surface area contributed by atoms with Crippen molar-refractivity contribution < 1.29 is 13.6 Å². The summed E-state index contributed by atoms with van der Waals surface area (Å²) in [6.07, 6.45) is 2.84. The molecule has 0 atom stereocenters. The number of halogens is 2. The Morgan fingerprint density at radius 3 is 2.48 bits per heavy atom. The van der Waals surface area contributed by atoms with E-state index in [2.05, 4.69) is 5.10 Å². The summed E-state index contributed by atoms with van der Waals surface area (Å²) in [6.45, 7) is 4.38. The molecular formula is C20H20F2N4O. The van der Waals surface area contributed by atoms with E-state index >= 15 is 0 Å². The first-order valence-electron chi connectivity index (χ1n) is 8.85. The number of carbonyl (C=O) groups is 1. The number of hydrogen-bond donors (Lipinski definition) is 0. The Labute approximate surface area is 155 Å². The minimum absolute atomic E-state index is 0.266. The molecule has 0 aliphatic carbocycles. The SMILES string of the molecule is Cc1ccc(C)n1-c1c(C(=O)N2CCCc3cc(F)c(F)cc32)cnn1C. The molecule has 0 radical (unpaired) electrons. The monoisotopic (exact) mass is 370 g/mol. The van der Waals surface area contributed by atoms with Gasteiger partial charge in [0.05, 0.1) is 11.9 Å². The van der Waals surface area contributed by atoms with Crippen molar-refractivity contribution in [1.29, 1.82) is 0 Å². The summed E-state index contributed by atoms with van der Waals surface area (Å²) in [6, 6.07) is 6.26. The molecule has 0 saturated carbocycles. The lowest BCUT2D eigenvalue weighted by Gasteiger charge is -2.29. The molecule has 27 heavy (non-hydrogen) atoms. The van der Waals surface area contributed by atoms with Gasteiger partial charge < -0.3 is 9.47 Å². The molecule has 0 spiro atoms. The van der Waals surface area contributed by atoms with Crippen molar-refractivity contribution in [2.75, 3.05) is 11.4 Å². The highest BCUT2D eigenvalue weighted by Gasteiger charge is 2.29. The van der Waals surface area contributed by atoms with Crippen LogP contribution in [0.4, 0.5) is 14.5 Å². The predicted molar refractivity (Wildman–Crippen MR) is 98.4 cm³/mol. The van der Waals surface area contributed by atoms with Gasteiger partial charge in [0.15, 0.2) is 11.6 Å². The van der Waals surface area contributed by atoms with E-state index in [0.29, 0.717) is 42.0 Å². The number of benzene rings is 1. The van der Waals surface area contributed by atoms with E-state index in [1.807, 2.05) is 30.5 Å². The Bertz CT molecular complexity index is 1030. The summed E-state index contributed by atoms with van der Waals surface area (Å²) in [4.78, 5) is 14.9. The van der Waals surface area contributed by atoms with E-state index < -0.39 is 11.6 Å². The van der Waals surface area contributed by atoms with E-state index in [1.54, 1.807) is 11.7 Å². The van der Waals surface area contributed by atoms with E-state index in [0.717, 1.165) is 17.5 Å². The minimum atomic E-state index is -0.947. The maximum Gasteiger partial charge on any atom is 0.263 e. The molecule has 140 valence electrons. The first-order chi connectivity index (χ1) is 12.9. The summed E-state index contributed by atoms with van der Waals surface area (Å²) in [7, 11) is 1.78. The van der Waals surface area contributed by atoms with Crippen LogP contribution in [0.2, 0.25) is 0 Å². The van der Waals surface area contributed by atoms with Gasteiger partial charge in [-0.2, -0.15) is 5.10 Å². The quantitative estimate of drug-likeness (QED) is 0.690. The second kappa shape index (κ2) is 6.33. The van der Waals surface area contributed by atoms with Crippen LogP contribution in [0, 0.1) is 25.5 Å². The third-order valence-electron chi connectivity index (χ3n) is 5.11. The van der Waals surface area contributed by atoms with Crippen molar-refractivity contribution in [3.63, 3.8) is 0 Å². The number of fused-ring (bicyclic) bond motifs is 1. The van der Waals surface area contributed by atoms with Gasteiger partial charge in [-0.3, -0.25) is 9.48 Å². The first-order valence-corrected chi connectivity index (χ1v) is 8.85. The zero-order chi connectivity index (χ0) is 19.3. The highest BCUT2D eigenvalue weighted by molar-refractivity contribution is 6.08. The molecule has 7 heteroatoms. The summed E-state index contributed by atoms with van der Waals surface area (Å²) < 4.78 is 31.1. The van der Waals surface area contributed by atoms with Crippen molar-refractivity contribution in [3.8, 4) is 5.82 Å². The van der Waals surface area contributed by atoms with Gasteiger partial charge in [0.25, 0.3) is 5.91 Å². The molecule has 5 nitrogen and oxygen atoms in total. The van der Waals surface area contributed by atoms with Crippen LogP contribution in [0.3, 0.4) is 0 Å². The van der Waals surface area contributed by atoms with Crippen molar-refractivity contribution in [2.45, 2.75) is 26.7 Å². The lowest BCUT2D eigenvalue weighted by atomic mass is 10.0. The molecule has 1 amide bonds. The summed E-state index contributed by atoms with van der Waals surface area (Å²) in [5, 5.41) is 4.27. The topological polar surface area (TPSA) is 43.1 Å². The average molecular weight is 370 g/mol. The second-order valence-electron chi connectivity index (χ2n) is 6.91. The van der Waals surface area contributed by atoms with Crippen LogP contribution < -0.4 is 4.90 Å². The third-order valence-corrected chi connectivity index (χ3v) is 5.11. The number of amides is 1. The highest BCUT2D eigenvalue weighted by Crippen LogP contribution is 2.32. The van der Waals surface area contributed by atoms with E-state index in [4.69, 9.17) is 0 Å². The van der Waals surface area contributed by atoms with Crippen molar-refractivity contribution >= 4 is 11.6 Å². The Kier molecular flexibility index (Phi) is 4.09. The zero-order valence-electron chi connectivity index (χ0n) is 15.5. The summed E-state index contributed by atoms with van der Waals surface area (Å²) in [5.74, 6) is -1.44. The fourth-order valence-corrected chi connectivity index (χ4v) is 3.78. The Morgan fingerprint density at radius 1 is 1.11 bits per heavy atom. The van der Waals surface area contributed by atoms with Gasteiger partial charge in [-0.15, -0.1) is 0 Å². The zero-order valence-corrected chi connectivity index (χ0v) is 15.5. The Balaban J connectivity index is 1.82. The molecule has 3 aromatic rings.